The molecule has 0 radical (unpaired) electrons. The van der Waals surface area contributed by atoms with Gasteiger partial charge in [-0.3, -0.25) is 4.79 Å². The van der Waals surface area contributed by atoms with Gasteiger partial charge < -0.3 is 20.1 Å². The highest BCUT2D eigenvalue weighted by molar-refractivity contribution is 6.30. The smallest absolute Gasteiger partial charge is 0.270 e. The molecule has 1 amide bonds. The van der Waals surface area contributed by atoms with Crippen LogP contribution in [-0.2, 0) is 0 Å². The second-order valence-corrected chi connectivity index (χ2v) is 7.48. The van der Waals surface area contributed by atoms with Crippen molar-refractivity contribution in [3.05, 3.63) is 64.8 Å². The molecule has 142 valence electrons. The number of hydrogen-bond donors (Lipinski definition) is 3. The summed E-state index contributed by atoms with van der Waals surface area (Å²) in [5.74, 6) is 5.95. The van der Waals surface area contributed by atoms with Gasteiger partial charge >= 0.3 is 0 Å². The molecule has 6 heteroatoms. The normalized spacial score (nSPS) is 15.9. The van der Waals surface area contributed by atoms with E-state index in [2.05, 4.69) is 16.8 Å². The molecule has 3 aromatic rings. The molecule has 0 spiro atoms. The van der Waals surface area contributed by atoms with E-state index in [4.69, 9.17) is 11.6 Å². The van der Waals surface area contributed by atoms with Gasteiger partial charge in [-0.25, -0.2) is 0 Å². The molecule has 3 N–H and O–H groups in total. The Hall–Kier alpha value is -2.94. The number of aromatic amines is 1. The number of aliphatic hydroxyl groups is 1. The number of aromatic nitrogens is 1. The van der Waals surface area contributed by atoms with Crippen molar-refractivity contribution in [3.63, 3.8) is 0 Å². The molecule has 1 aliphatic rings. The Morgan fingerprint density at radius 2 is 1.93 bits per heavy atom. The molecule has 0 saturated carbocycles. The number of nitrogens with zero attached hydrogens (tertiary/aromatic N) is 1. The maximum Gasteiger partial charge on any atom is 0.270 e. The van der Waals surface area contributed by atoms with Crippen molar-refractivity contribution in [2.24, 2.45) is 0 Å². The SMILES string of the molecule is O=C(c1cc2cc(O)ccc2[nH]1)N1CCC(O)(C#Cc2cccc(Cl)c2)CC1. The zero-order valence-corrected chi connectivity index (χ0v) is 15.8. The molecule has 28 heavy (non-hydrogen) atoms. The first kappa shape index (κ1) is 18.4. The fraction of sp³-hybridized carbons (Fsp3) is 0.227. The summed E-state index contributed by atoms with van der Waals surface area (Å²) in [4.78, 5) is 17.6. The van der Waals surface area contributed by atoms with Crippen LogP contribution in [0.25, 0.3) is 10.9 Å². The lowest BCUT2D eigenvalue weighted by atomic mass is 9.91. The van der Waals surface area contributed by atoms with E-state index in [1.54, 1.807) is 41.3 Å². The van der Waals surface area contributed by atoms with Gasteiger partial charge in [-0.15, -0.1) is 0 Å². The molecule has 0 unspecified atom stereocenters. The highest BCUT2D eigenvalue weighted by Crippen LogP contribution is 2.25. The summed E-state index contributed by atoms with van der Waals surface area (Å²) in [6.07, 6.45) is 0.765. The molecule has 0 atom stereocenters. The van der Waals surface area contributed by atoms with E-state index in [-0.39, 0.29) is 11.7 Å². The van der Waals surface area contributed by atoms with Crippen molar-refractivity contribution in [3.8, 4) is 17.6 Å². The number of carbonyl (C=O) groups excluding carboxylic acids is 1. The molecule has 1 aromatic heterocycles. The van der Waals surface area contributed by atoms with Gasteiger partial charge in [0.2, 0.25) is 0 Å². The molecule has 1 fully saturated rings. The van der Waals surface area contributed by atoms with Crippen LogP contribution in [-0.4, -0.2) is 44.7 Å². The quantitative estimate of drug-likeness (QED) is 0.552. The minimum Gasteiger partial charge on any atom is -0.508 e. The second-order valence-electron chi connectivity index (χ2n) is 7.04. The minimum atomic E-state index is -1.12. The number of fused-ring (bicyclic) bond motifs is 1. The number of hydrogen-bond acceptors (Lipinski definition) is 3. The van der Waals surface area contributed by atoms with Crippen molar-refractivity contribution in [1.29, 1.82) is 0 Å². The summed E-state index contributed by atoms with van der Waals surface area (Å²) >= 11 is 5.96. The summed E-state index contributed by atoms with van der Waals surface area (Å²) in [5, 5.41) is 21.7. The monoisotopic (exact) mass is 394 g/mol. The summed E-state index contributed by atoms with van der Waals surface area (Å²) in [7, 11) is 0. The third-order valence-corrected chi connectivity index (χ3v) is 5.21. The molecule has 5 nitrogen and oxygen atoms in total. The van der Waals surface area contributed by atoms with Crippen molar-refractivity contribution < 1.29 is 15.0 Å². The van der Waals surface area contributed by atoms with Crippen LogP contribution in [0, 0.1) is 11.8 Å². The maximum absolute atomic E-state index is 12.8. The van der Waals surface area contributed by atoms with Crippen molar-refractivity contribution in [2.75, 3.05) is 13.1 Å². The Kier molecular flexibility index (Phi) is 4.76. The van der Waals surface area contributed by atoms with E-state index in [0.717, 1.165) is 16.5 Å². The first-order valence-electron chi connectivity index (χ1n) is 9.04. The van der Waals surface area contributed by atoms with Crippen LogP contribution in [0.15, 0.2) is 48.5 Å². The fourth-order valence-electron chi connectivity index (χ4n) is 3.37. The van der Waals surface area contributed by atoms with E-state index in [1.165, 1.54) is 0 Å². The number of halogens is 1. The minimum absolute atomic E-state index is 0.124. The molecule has 0 aliphatic carbocycles. The largest absolute Gasteiger partial charge is 0.508 e. The summed E-state index contributed by atoms with van der Waals surface area (Å²) < 4.78 is 0. The highest BCUT2D eigenvalue weighted by atomic mass is 35.5. The molecule has 2 heterocycles. The van der Waals surface area contributed by atoms with E-state index in [0.29, 0.717) is 36.6 Å². The number of amides is 1. The zero-order chi connectivity index (χ0) is 19.7. The average Bonchev–Trinajstić information content (AvgIpc) is 3.10. The zero-order valence-electron chi connectivity index (χ0n) is 15.1. The maximum atomic E-state index is 12.8. The van der Waals surface area contributed by atoms with Crippen LogP contribution in [0.5, 0.6) is 5.75 Å². The number of rotatable bonds is 1. The third-order valence-electron chi connectivity index (χ3n) is 4.98. The second kappa shape index (κ2) is 7.23. The number of phenols is 1. The van der Waals surface area contributed by atoms with Gasteiger partial charge in [0.05, 0.1) is 0 Å². The predicted octanol–water partition coefficient (Wildman–Crippen LogP) is 3.55. The topological polar surface area (TPSA) is 76.6 Å². The van der Waals surface area contributed by atoms with Gasteiger partial charge in [-0.2, -0.15) is 0 Å². The number of likely N-dealkylation sites (tertiary alicyclic amines) is 1. The van der Waals surface area contributed by atoms with E-state index in [9.17, 15) is 15.0 Å². The number of aromatic hydroxyl groups is 1. The highest BCUT2D eigenvalue weighted by Gasteiger charge is 2.33. The molecule has 0 bridgehead atoms. The summed E-state index contributed by atoms with van der Waals surface area (Å²) in [6.45, 7) is 0.834. The number of piperidine rings is 1. The summed E-state index contributed by atoms with van der Waals surface area (Å²) in [6, 6.07) is 13.8. The van der Waals surface area contributed by atoms with Crippen LogP contribution >= 0.6 is 11.6 Å². The van der Waals surface area contributed by atoms with Gasteiger partial charge in [-0.1, -0.05) is 29.5 Å². The molecule has 1 aliphatic heterocycles. The lowest BCUT2D eigenvalue weighted by molar-refractivity contribution is 0.0246. The van der Waals surface area contributed by atoms with Gasteiger partial charge in [0.15, 0.2) is 0 Å². The van der Waals surface area contributed by atoms with E-state index < -0.39 is 5.60 Å². The molecule has 4 rings (SSSR count). The van der Waals surface area contributed by atoms with E-state index >= 15 is 0 Å². The number of benzene rings is 2. The van der Waals surface area contributed by atoms with Crippen LogP contribution < -0.4 is 0 Å². The van der Waals surface area contributed by atoms with Crippen molar-refractivity contribution in [1.82, 2.24) is 9.88 Å². The number of H-pyrrole nitrogens is 1. The average molecular weight is 395 g/mol. The van der Waals surface area contributed by atoms with Crippen LogP contribution in [0.3, 0.4) is 0 Å². The Morgan fingerprint density at radius 3 is 2.68 bits per heavy atom. The van der Waals surface area contributed by atoms with Gasteiger partial charge in [0, 0.05) is 47.4 Å². The lowest BCUT2D eigenvalue weighted by Crippen LogP contribution is -2.46. The number of nitrogens with one attached hydrogen (secondary N) is 1. The predicted molar refractivity (Wildman–Crippen MR) is 108 cm³/mol. The molecule has 1 saturated heterocycles. The van der Waals surface area contributed by atoms with E-state index in [1.807, 2.05) is 12.1 Å². The molecular weight excluding hydrogens is 376 g/mol. The van der Waals surface area contributed by atoms with Crippen molar-refractivity contribution in [2.45, 2.75) is 18.4 Å². The Morgan fingerprint density at radius 1 is 1.14 bits per heavy atom. The molecule has 2 aromatic carbocycles. The summed E-state index contributed by atoms with van der Waals surface area (Å²) in [5.41, 5.74) is 0.893. The standard InChI is InChI=1S/C22H19ClN2O3/c23-17-3-1-2-15(12-17)6-7-22(28)8-10-25(11-9-22)21(27)20-14-16-13-18(26)4-5-19(16)24-20/h1-5,12-14,24,26,28H,8-11H2. The first-order valence-corrected chi connectivity index (χ1v) is 9.42. The van der Waals surface area contributed by atoms with Crippen molar-refractivity contribution >= 4 is 28.4 Å². The Balaban J connectivity index is 1.45. The van der Waals surface area contributed by atoms with Crippen LogP contribution in [0.2, 0.25) is 5.02 Å². The Labute approximate surface area is 167 Å². The number of phenolic OH excluding ortho intramolecular Hbond substituents is 1. The van der Waals surface area contributed by atoms with Gasteiger partial charge in [-0.05, 0) is 42.5 Å². The van der Waals surface area contributed by atoms with Crippen LogP contribution in [0.4, 0.5) is 0 Å². The lowest BCUT2D eigenvalue weighted by Gasteiger charge is -2.34. The fourth-order valence-corrected chi connectivity index (χ4v) is 3.56. The first-order chi connectivity index (χ1) is 13.4. The van der Waals surface area contributed by atoms with Gasteiger partial charge in [0.25, 0.3) is 5.91 Å². The van der Waals surface area contributed by atoms with Crippen LogP contribution in [0.1, 0.15) is 28.9 Å². The Bertz CT molecular complexity index is 1100. The van der Waals surface area contributed by atoms with Gasteiger partial charge in [0.1, 0.15) is 17.0 Å². The number of carbonyl (C=O) groups is 1. The molecular formula is C22H19ClN2O3. The third kappa shape index (κ3) is 3.84.